The molecule has 7 heteroatoms. The lowest BCUT2D eigenvalue weighted by Gasteiger charge is -2.26. The van der Waals surface area contributed by atoms with E-state index in [1.807, 2.05) is 0 Å². The normalized spacial score (nSPS) is 15.3. The van der Waals surface area contributed by atoms with Crippen molar-refractivity contribution in [3.05, 3.63) is 47.4 Å². The van der Waals surface area contributed by atoms with E-state index in [-0.39, 0.29) is 5.91 Å². The maximum absolute atomic E-state index is 13.1. The summed E-state index contributed by atoms with van der Waals surface area (Å²) in [5.41, 5.74) is 3.38. The minimum absolute atomic E-state index is 0.139. The van der Waals surface area contributed by atoms with Crippen LogP contribution in [0.5, 0.6) is 0 Å². The van der Waals surface area contributed by atoms with E-state index in [1.54, 1.807) is 28.4 Å². The lowest BCUT2D eigenvalue weighted by atomic mass is 10.1. The summed E-state index contributed by atoms with van der Waals surface area (Å²) in [6.07, 6.45) is 1.53. The van der Waals surface area contributed by atoms with E-state index in [1.165, 1.54) is 22.3 Å². The summed E-state index contributed by atoms with van der Waals surface area (Å²) in [6.45, 7) is 9.16. The number of nitrogens with zero attached hydrogens (tertiary/aromatic N) is 2. The van der Waals surface area contributed by atoms with E-state index in [0.717, 1.165) is 48.2 Å². The van der Waals surface area contributed by atoms with Gasteiger partial charge < -0.3 is 14.1 Å². The molecule has 0 saturated carbocycles. The smallest absolute Gasteiger partial charge is 0.295 e. The van der Waals surface area contributed by atoms with Crippen molar-refractivity contribution in [1.82, 2.24) is 4.98 Å². The van der Waals surface area contributed by atoms with Crippen LogP contribution in [0.1, 0.15) is 21.7 Å². The van der Waals surface area contributed by atoms with Gasteiger partial charge in [-0.2, -0.15) is 0 Å². The Hall–Kier alpha value is -2.22. The number of amides is 1. The molecule has 3 aromatic rings. The van der Waals surface area contributed by atoms with Gasteiger partial charge in [0.05, 0.1) is 42.8 Å². The average Bonchev–Trinajstić information content (AvgIpc) is 3.33. The molecule has 1 aliphatic heterocycles. The zero-order chi connectivity index (χ0) is 18.8. The van der Waals surface area contributed by atoms with Crippen molar-refractivity contribution in [3.63, 3.8) is 0 Å². The molecule has 0 unspecified atom stereocenters. The number of furan rings is 1. The molecule has 27 heavy (non-hydrogen) atoms. The molecule has 0 atom stereocenters. The molecule has 0 aliphatic carbocycles. The molecule has 1 N–H and O–H groups in total. The zero-order valence-electron chi connectivity index (χ0n) is 15.7. The number of morpholine rings is 1. The number of carbonyl (C=O) groups excluding carboxylic acids is 1. The van der Waals surface area contributed by atoms with Gasteiger partial charge >= 0.3 is 0 Å². The van der Waals surface area contributed by atoms with Crippen LogP contribution in [0.25, 0.3) is 10.2 Å². The second kappa shape index (κ2) is 7.80. The summed E-state index contributed by atoms with van der Waals surface area (Å²) in [7, 11) is 0. The minimum atomic E-state index is -0.139. The van der Waals surface area contributed by atoms with E-state index in [9.17, 15) is 4.79 Å². The molecule has 0 radical (unpaired) electrons. The summed E-state index contributed by atoms with van der Waals surface area (Å²) in [4.78, 5) is 21.0. The van der Waals surface area contributed by atoms with Gasteiger partial charge in [-0.3, -0.25) is 9.69 Å². The van der Waals surface area contributed by atoms with Crippen molar-refractivity contribution < 1.29 is 18.8 Å². The highest BCUT2D eigenvalue weighted by atomic mass is 32.1. The molecule has 2 aromatic heterocycles. The van der Waals surface area contributed by atoms with Crippen LogP contribution < -0.4 is 9.80 Å². The molecule has 4 rings (SSSR count). The van der Waals surface area contributed by atoms with E-state index in [4.69, 9.17) is 14.1 Å². The molecule has 1 fully saturated rings. The summed E-state index contributed by atoms with van der Waals surface area (Å²) in [6, 6.07) is 7.68. The third kappa shape index (κ3) is 3.90. The number of thiazole rings is 1. The standard InChI is InChI=1S/C20H23N3O3S/c1-14-12-16-18(13-15(14)2)27-20(21-16)23(19(24)17-4-3-9-26-17)6-5-22-7-10-25-11-8-22/h3-4,9,12-13H,5-8,10-11H2,1-2H3/p+1. The van der Waals surface area contributed by atoms with Crippen LogP contribution in [-0.2, 0) is 4.74 Å². The predicted molar refractivity (Wildman–Crippen MR) is 106 cm³/mol. The van der Waals surface area contributed by atoms with Crippen molar-refractivity contribution in [2.45, 2.75) is 13.8 Å². The third-order valence-electron chi connectivity index (χ3n) is 5.09. The summed E-state index contributed by atoms with van der Waals surface area (Å²) in [5, 5.41) is 0.726. The Kier molecular flexibility index (Phi) is 5.24. The number of hydrogen-bond donors (Lipinski definition) is 1. The summed E-state index contributed by atoms with van der Waals surface area (Å²) in [5.74, 6) is 0.207. The molecule has 142 valence electrons. The predicted octanol–water partition coefficient (Wildman–Crippen LogP) is 2.07. The topological polar surface area (TPSA) is 60.0 Å². The third-order valence-corrected chi connectivity index (χ3v) is 6.13. The Morgan fingerprint density at radius 2 is 2.04 bits per heavy atom. The van der Waals surface area contributed by atoms with Crippen molar-refractivity contribution >= 4 is 32.6 Å². The van der Waals surface area contributed by atoms with Crippen molar-refractivity contribution in [2.75, 3.05) is 44.3 Å². The SMILES string of the molecule is Cc1cc2nc(N(CC[NH+]3CCOCC3)C(=O)c3ccco3)sc2cc1C. The van der Waals surface area contributed by atoms with Crippen LogP contribution in [0.3, 0.4) is 0 Å². The van der Waals surface area contributed by atoms with Gasteiger partial charge in [0, 0.05) is 0 Å². The number of benzene rings is 1. The Balaban J connectivity index is 1.63. The molecule has 1 amide bonds. The lowest BCUT2D eigenvalue weighted by molar-refractivity contribution is -0.906. The number of aryl methyl sites for hydroxylation is 2. The maximum atomic E-state index is 13.1. The molecule has 6 nitrogen and oxygen atoms in total. The van der Waals surface area contributed by atoms with Gasteiger partial charge in [0.15, 0.2) is 10.9 Å². The van der Waals surface area contributed by atoms with E-state index < -0.39 is 0 Å². The van der Waals surface area contributed by atoms with Gasteiger partial charge in [0.25, 0.3) is 5.91 Å². The maximum Gasteiger partial charge on any atom is 0.295 e. The summed E-state index contributed by atoms with van der Waals surface area (Å²) < 4.78 is 11.9. The number of quaternary nitrogens is 1. The number of fused-ring (bicyclic) bond motifs is 1. The number of ether oxygens (including phenoxy) is 1. The second-order valence-corrected chi connectivity index (χ2v) is 7.96. The van der Waals surface area contributed by atoms with E-state index >= 15 is 0 Å². The number of carbonyl (C=O) groups is 1. The van der Waals surface area contributed by atoms with Gasteiger partial charge in [0.1, 0.15) is 13.1 Å². The number of anilines is 1. The Labute approximate surface area is 162 Å². The monoisotopic (exact) mass is 386 g/mol. The molecular weight excluding hydrogens is 362 g/mol. The minimum Gasteiger partial charge on any atom is -0.459 e. The quantitative estimate of drug-likeness (QED) is 0.729. The van der Waals surface area contributed by atoms with Crippen molar-refractivity contribution in [2.24, 2.45) is 0 Å². The highest BCUT2D eigenvalue weighted by Gasteiger charge is 2.25. The molecule has 1 aliphatic rings. The van der Waals surface area contributed by atoms with Gasteiger partial charge in [0.2, 0.25) is 0 Å². The van der Waals surface area contributed by atoms with Crippen LogP contribution in [0.4, 0.5) is 5.13 Å². The van der Waals surface area contributed by atoms with Crippen LogP contribution in [-0.4, -0.2) is 50.3 Å². The fourth-order valence-electron chi connectivity index (χ4n) is 3.28. The number of hydrogen-bond acceptors (Lipinski definition) is 5. The fourth-order valence-corrected chi connectivity index (χ4v) is 4.35. The van der Waals surface area contributed by atoms with Crippen LogP contribution in [0.15, 0.2) is 34.9 Å². The molecule has 0 spiro atoms. The first-order valence-electron chi connectivity index (χ1n) is 9.26. The summed E-state index contributed by atoms with van der Waals surface area (Å²) >= 11 is 1.56. The van der Waals surface area contributed by atoms with Gasteiger partial charge in [-0.1, -0.05) is 11.3 Å². The van der Waals surface area contributed by atoms with E-state index in [0.29, 0.717) is 12.3 Å². The molecule has 3 heterocycles. The van der Waals surface area contributed by atoms with Gasteiger partial charge in [-0.05, 0) is 49.2 Å². The highest BCUT2D eigenvalue weighted by molar-refractivity contribution is 7.22. The fraction of sp³-hybridized carbons (Fsp3) is 0.400. The molecule has 1 saturated heterocycles. The first kappa shape index (κ1) is 18.2. The van der Waals surface area contributed by atoms with Crippen molar-refractivity contribution in [3.8, 4) is 0 Å². The van der Waals surface area contributed by atoms with Gasteiger partial charge in [-0.25, -0.2) is 4.98 Å². The molecule has 1 aromatic carbocycles. The Bertz CT molecular complexity index is 891. The Morgan fingerprint density at radius 3 is 2.78 bits per heavy atom. The largest absolute Gasteiger partial charge is 0.459 e. The molecular formula is C20H24N3O3S+. The zero-order valence-corrected chi connectivity index (χ0v) is 16.5. The van der Waals surface area contributed by atoms with Crippen LogP contribution in [0.2, 0.25) is 0 Å². The highest BCUT2D eigenvalue weighted by Crippen LogP contribution is 2.31. The van der Waals surface area contributed by atoms with Crippen LogP contribution >= 0.6 is 11.3 Å². The molecule has 0 bridgehead atoms. The first-order valence-corrected chi connectivity index (χ1v) is 10.1. The van der Waals surface area contributed by atoms with Gasteiger partial charge in [-0.15, -0.1) is 0 Å². The first-order chi connectivity index (χ1) is 13.1. The average molecular weight is 386 g/mol. The Morgan fingerprint density at radius 1 is 1.26 bits per heavy atom. The number of aromatic nitrogens is 1. The lowest BCUT2D eigenvalue weighted by Crippen LogP contribution is -3.14. The van der Waals surface area contributed by atoms with E-state index in [2.05, 4.69) is 26.0 Å². The number of nitrogens with one attached hydrogen (secondary N) is 1. The number of rotatable bonds is 5. The second-order valence-electron chi connectivity index (χ2n) is 6.95. The van der Waals surface area contributed by atoms with Crippen molar-refractivity contribution in [1.29, 1.82) is 0 Å². The van der Waals surface area contributed by atoms with Crippen LogP contribution in [0, 0.1) is 13.8 Å².